The maximum absolute atomic E-state index is 12.3. The summed E-state index contributed by atoms with van der Waals surface area (Å²) in [5.41, 5.74) is 2.79. The Kier molecular flexibility index (Phi) is 6.81. The number of ether oxygens (including phenoxy) is 1. The number of amides is 1. The van der Waals surface area contributed by atoms with Gasteiger partial charge in [0.2, 0.25) is 0 Å². The molecule has 0 spiro atoms. The molecule has 4 heterocycles. The predicted octanol–water partition coefficient (Wildman–Crippen LogP) is 4.51. The standard InChI is InChI=1S/C17H19N3O2S.CH4.ClH/c21-17(22-14-10-20-8-6-12(14)7-9-20)19-16-15(23-11-18-16)13-4-2-1-3-5-13;;/h1-5,11-12,14H,6-10H2,(H,19,21);1H4;1H/t14-;;/m0../s1. The van der Waals surface area contributed by atoms with Gasteiger partial charge in [0, 0.05) is 6.54 Å². The second-order valence-corrected chi connectivity index (χ2v) is 6.96. The lowest BCUT2D eigenvalue weighted by molar-refractivity contribution is -0.0290. The fourth-order valence-corrected chi connectivity index (χ4v) is 4.19. The lowest BCUT2D eigenvalue weighted by Crippen LogP contribution is -2.52. The Balaban J connectivity index is 0.00000113. The highest BCUT2D eigenvalue weighted by molar-refractivity contribution is 7.13. The molecule has 136 valence electrons. The van der Waals surface area contributed by atoms with Crippen molar-refractivity contribution in [2.45, 2.75) is 26.4 Å². The van der Waals surface area contributed by atoms with Gasteiger partial charge in [-0.15, -0.1) is 23.7 Å². The van der Waals surface area contributed by atoms with Gasteiger partial charge < -0.3 is 4.74 Å². The number of aromatic nitrogens is 1. The molecule has 0 unspecified atom stereocenters. The summed E-state index contributed by atoms with van der Waals surface area (Å²) >= 11 is 1.51. The molecule has 0 aliphatic carbocycles. The lowest BCUT2D eigenvalue weighted by atomic mass is 9.86. The number of halogens is 1. The van der Waals surface area contributed by atoms with Gasteiger partial charge in [0.25, 0.3) is 0 Å². The van der Waals surface area contributed by atoms with Gasteiger partial charge in [0.15, 0.2) is 5.82 Å². The van der Waals surface area contributed by atoms with Crippen molar-refractivity contribution < 1.29 is 9.53 Å². The van der Waals surface area contributed by atoms with Crippen LogP contribution in [0.1, 0.15) is 20.3 Å². The minimum atomic E-state index is -0.396. The maximum Gasteiger partial charge on any atom is 0.413 e. The molecule has 1 N–H and O–H groups in total. The SMILES string of the molecule is C.Cl.O=C(Nc1ncsc1-c1ccccc1)O[C@H]1CN2CCC1CC2. The number of thiazole rings is 1. The van der Waals surface area contributed by atoms with E-state index in [1.54, 1.807) is 5.51 Å². The number of carbonyl (C=O) groups excluding carboxylic acids is 1. The van der Waals surface area contributed by atoms with Crippen LogP contribution in [0.3, 0.4) is 0 Å². The van der Waals surface area contributed by atoms with Gasteiger partial charge in [0.05, 0.1) is 10.4 Å². The first-order valence-corrected chi connectivity index (χ1v) is 8.86. The molecule has 0 saturated carbocycles. The number of nitrogens with one attached hydrogen (secondary N) is 1. The molecule has 3 saturated heterocycles. The third-order valence-electron chi connectivity index (χ3n) is 4.68. The summed E-state index contributed by atoms with van der Waals surface area (Å²) in [5.74, 6) is 1.09. The monoisotopic (exact) mass is 381 g/mol. The Hall–Kier alpha value is -1.63. The zero-order chi connectivity index (χ0) is 15.6. The molecule has 3 aliphatic heterocycles. The molecular weight excluding hydrogens is 358 g/mol. The molecule has 1 amide bonds. The van der Waals surface area contributed by atoms with E-state index in [9.17, 15) is 4.79 Å². The summed E-state index contributed by atoms with van der Waals surface area (Å²) in [6.45, 7) is 3.13. The molecule has 5 nitrogen and oxygen atoms in total. The summed E-state index contributed by atoms with van der Waals surface area (Å²) < 4.78 is 5.66. The molecule has 0 radical (unpaired) electrons. The predicted molar refractivity (Wildman–Crippen MR) is 105 cm³/mol. The summed E-state index contributed by atoms with van der Waals surface area (Å²) in [5, 5.41) is 2.82. The maximum atomic E-state index is 12.3. The number of anilines is 1. The molecule has 3 aliphatic rings. The number of fused-ring (bicyclic) bond motifs is 3. The molecule has 2 aromatic rings. The van der Waals surface area contributed by atoms with Crippen molar-refractivity contribution in [3.05, 3.63) is 35.8 Å². The molecule has 25 heavy (non-hydrogen) atoms. The number of nitrogens with zero attached hydrogens (tertiary/aromatic N) is 2. The van der Waals surface area contributed by atoms with Crippen LogP contribution in [0.5, 0.6) is 0 Å². The van der Waals surface area contributed by atoms with Crippen LogP contribution >= 0.6 is 23.7 Å². The van der Waals surface area contributed by atoms with Crippen molar-refractivity contribution in [1.29, 1.82) is 0 Å². The van der Waals surface area contributed by atoms with Crippen LogP contribution < -0.4 is 5.32 Å². The van der Waals surface area contributed by atoms with Crippen molar-refractivity contribution in [3.8, 4) is 10.4 Å². The summed E-state index contributed by atoms with van der Waals surface area (Å²) in [6, 6.07) is 9.95. The van der Waals surface area contributed by atoms with Crippen LogP contribution in [0.15, 0.2) is 35.8 Å². The van der Waals surface area contributed by atoms with E-state index in [2.05, 4.69) is 15.2 Å². The first-order chi connectivity index (χ1) is 11.3. The lowest BCUT2D eigenvalue weighted by Gasteiger charge is -2.43. The smallest absolute Gasteiger partial charge is 0.413 e. The third-order valence-corrected chi connectivity index (χ3v) is 5.55. The molecule has 1 aromatic carbocycles. The highest BCUT2D eigenvalue weighted by Gasteiger charge is 2.36. The van der Waals surface area contributed by atoms with Gasteiger partial charge in [0.1, 0.15) is 6.10 Å². The Bertz CT molecular complexity index is 687. The topological polar surface area (TPSA) is 54.5 Å². The van der Waals surface area contributed by atoms with Crippen molar-refractivity contribution in [2.24, 2.45) is 5.92 Å². The molecule has 2 bridgehead atoms. The second kappa shape index (κ2) is 8.65. The van der Waals surface area contributed by atoms with Crippen LogP contribution in [0, 0.1) is 5.92 Å². The fourth-order valence-electron chi connectivity index (χ4n) is 3.44. The zero-order valence-electron chi connectivity index (χ0n) is 13.2. The van der Waals surface area contributed by atoms with Gasteiger partial charge in [-0.2, -0.15) is 0 Å². The summed E-state index contributed by atoms with van der Waals surface area (Å²) in [4.78, 5) is 19.8. The number of rotatable bonds is 3. The van der Waals surface area contributed by atoms with Gasteiger partial charge in [-0.25, -0.2) is 9.78 Å². The molecule has 3 fully saturated rings. The molecular formula is C18H24ClN3O2S. The van der Waals surface area contributed by atoms with Gasteiger partial charge in [-0.05, 0) is 37.4 Å². The van der Waals surface area contributed by atoms with Crippen LogP contribution in [0.25, 0.3) is 10.4 Å². The Labute approximate surface area is 158 Å². The van der Waals surface area contributed by atoms with Crippen molar-refractivity contribution in [2.75, 3.05) is 25.0 Å². The van der Waals surface area contributed by atoms with E-state index < -0.39 is 6.09 Å². The van der Waals surface area contributed by atoms with E-state index in [1.807, 2.05) is 30.3 Å². The zero-order valence-corrected chi connectivity index (χ0v) is 14.8. The number of carbonyl (C=O) groups is 1. The van der Waals surface area contributed by atoms with Crippen molar-refractivity contribution in [3.63, 3.8) is 0 Å². The average molecular weight is 382 g/mol. The first-order valence-electron chi connectivity index (χ1n) is 7.98. The fraction of sp³-hybridized carbons (Fsp3) is 0.444. The van der Waals surface area contributed by atoms with Crippen LogP contribution in [-0.4, -0.2) is 41.7 Å². The van der Waals surface area contributed by atoms with Gasteiger partial charge in [-0.3, -0.25) is 10.2 Å². The van der Waals surface area contributed by atoms with Crippen molar-refractivity contribution >= 4 is 35.7 Å². The molecule has 1 aromatic heterocycles. The van der Waals surface area contributed by atoms with Crippen LogP contribution in [0.4, 0.5) is 10.6 Å². The third kappa shape index (κ3) is 4.32. The highest BCUT2D eigenvalue weighted by Crippen LogP contribution is 2.32. The summed E-state index contributed by atoms with van der Waals surface area (Å²) in [7, 11) is 0. The second-order valence-electron chi connectivity index (χ2n) is 6.10. The largest absolute Gasteiger partial charge is 0.444 e. The van der Waals surface area contributed by atoms with E-state index in [4.69, 9.17) is 4.74 Å². The van der Waals surface area contributed by atoms with Crippen LogP contribution in [0.2, 0.25) is 0 Å². The number of benzene rings is 1. The van der Waals surface area contributed by atoms with E-state index in [1.165, 1.54) is 11.3 Å². The Morgan fingerprint density at radius 1 is 1.24 bits per heavy atom. The van der Waals surface area contributed by atoms with Gasteiger partial charge >= 0.3 is 6.09 Å². The number of hydrogen-bond donors (Lipinski definition) is 1. The molecule has 7 heteroatoms. The van der Waals surface area contributed by atoms with Crippen LogP contribution in [-0.2, 0) is 4.74 Å². The summed E-state index contributed by atoms with van der Waals surface area (Å²) in [6.07, 6.45) is 1.87. The number of piperidine rings is 3. The van der Waals surface area contributed by atoms with E-state index in [0.717, 1.165) is 42.9 Å². The number of hydrogen-bond acceptors (Lipinski definition) is 5. The van der Waals surface area contributed by atoms with Gasteiger partial charge in [-0.1, -0.05) is 37.8 Å². The quantitative estimate of drug-likeness (QED) is 0.849. The highest BCUT2D eigenvalue weighted by atomic mass is 35.5. The van der Waals surface area contributed by atoms with E-state index in [0.29, 0.717) is 11.7 Å². The molecule has 5 rings (SSSR count). The van der Waals surface area contributed by atoms with Crippen molar-refractivity contribution in [1.82, 2.24) is 9.88 Å². The minimum absolute atomic E-state index is 0. The first kappa shape index (κ1) is 19.7. The van der Waals surface area contributed by atoms with E-state index >= 15 is 0 Å². The van der Waals surface area contributed by atoms with E-state index in [-0.39, 0.29) is 25.9 Å². The molecule has 1 atom stereocenters. The average Bonchev–Trinajstić information content (AvgIpc) is 3.04. The Morgan fingerprint density at radius 3 is 2.60 bits per heavy atom. The Morgan fingerprint density at radius 2 is 1.96 bits per heavy atom. The normalized spacial score (nSPS) is 23.9. The minimum Gasteiger partial charge on any atom is -0.444 e.